The molecule has 1 saturated heterocycles. The Kier molecular flexibility index (Phi) is 6.04. The summed E-state index contributed by atoms with van der Waals surface area (Å²) in [4.78, 5) is 30.3. The number of anilines is 2. The number of nitrogens with one attached hydrogen (secondary N) is 1. The maximum absolute atomic E-state index is 13.1. The molecular weight excluding hydrogens is 435 g/mol. The second-order valence-electron chi connectivity index (χ2n) is 7.94. The van der Waals surface area contributed by atoms with Crippen LogP contribution in [0.4, 0.5) is 11.4 Å². The largest absolute Gasteiger partial charge is 0.437 e. The normalized spacial score (nSPS) is 14.4. The molecule has 0 radical (unpaired) electrons. The first-order valence-corrected chi connectivity index (χ1v) is 11.7. The van der Waals surface area contributed by atoms with Gasteiger partial charge in [0.25, 0.3) is 5.91 Å². The van der Waals surface area contributed by atoms with E-state index in [0.29, 0.717) is 17.2 Å². The number of hydrogen-bond donors (Lipinski definition) is 2. The Bertz CT molecular complexity index is 1290. The molecule has 0 unspecified atom stereocenters. The lowest BCUT2D eigenvalue weighted by molar-refractivity contribution is 0.102. The van der Waals surface area contributed by atoms with Crippen LogP contribution < -0.4 is 10.2 Å². The van der Waals surface area contributed by atoms with Crippen molar-refractivity contribution < 1.29 is 9.82 Å². The Labute approximate surface area is 196 Å². The summed E-state index contributed by atoms with van der Waals surface area (Å²) in [5.41, 5.74) is 2.70. The number of nitrogens with zero attached hydrogens (tertiary/aromatic N) is 5. The highest BCUT2D eigenvalue weighted by Gasteiger charge is 2.24. The fourth-order valence-corrected chi connectivity index (χ4v) is 4.78. The first kappa shape index (κ1) is 21.5. The summed E-state index contributed by atoms with van der Waals surface area (Å²) in [6.45, 7) is 4.78. The monoisotopic (exact) mass is 458 g/mol. The zero-order chi connectivity index (χ0) is 22.8. The molecule has 1 fully saturated rings. The molecule has 0 atom stereocenters. The molecule has 1 aliphatic heterocycles. The van der Waals surface area contributed by atoms with Crippen molar-refractivity contribution in [1.29, 1.82) is 0 Å². The van der Waals surface area contributed by atoms with Gasteiger partial charge < -0.3 is 20.1 Å². The van der Waals surface area contributed by atoms with Crippen molar-refractivity contribution in [3.8, 4) is 11.4 Å². The van der Waals surface area contributed by atoms with Gasteiger partial charge in [-0.1, -0.05) is 0 Å². The Morgan fingerprint density at radius 2 is 1.97 bits per heavy atom. The van der Waals surface area contributed by atoms with E-state index in [1.807, 2.05) is 29.1 Å². The average Bonchev–Trinajstić information content (AvgIpc) is 3.32. The summed E-state index contributed by atoms with van der Waals surface area (Å²) in [7, 11) is -0.462. The molecule has 0 bridgehead atoms. The first-order chi connectivity index (χ1) is 16.1. The molecule has 166 valence electrons. The highest BCUT2D eigenvalue weighted by molar-refractivity contribution is 7.17. The molecule has 8 nitrogen and oxygen atoms in total. The minimum absolute atomic E-state index is 0.291. The predicted molar refractivity (Wildman–Crippen MR) is 133 cm³/mol. The van der Waals surface area contributed by atoms with E-state index in [1.165, 1.54) is 4.70 Å². The fraction of sp³-hybridized carbons (Fsp3) is 0.217. The van der Waals surface area contributed by atoms with Gasteiger partial charge >= 0.3 is 7.05 Å². The van der Waals surface area contributed by atoms with Gasteiger partial charge in [-0.3, -0.25) is 9.78 Å². The van der Waals surface area contributed by atoms with Gasteiger partial charge in [0.15, 0.2) is 5.82 Å². The van der Waals surface area contributed by atoms with Gasteiger partial charge in [0.05, 0.1) is 17.6 Å². The Morgan fingerprint density at radius 1 is 1.12 bits per heavy atom. The van der Waals surface area contributed by atoms with E-state index in [9.17, 15) is 9.82 Å². The minimum atomic E-state index is -0.462. The molecule has 33 heavy (non-hydrogen) atoms. The van der Waals surface area contributed by atoms with Gasteiger partial charge in [0, 0.05) is 48.8 Å². The molecule has 1 aromatic carbocycles. The van der Waals surface area contributed by atoms with Gasteiger partial charge in [-0.2, -0.15) is 0 Å². The number of pyridine rings is 1. The lowest BCUT2D eigenvalue weighted by Crippen LogP contribution is -2.51. The Balaban J connectivity index is 1.35. The number of piperazine rings is 1. The molecular formula is C23H23BN6O2S. The number of carbonyl (C=O) groups is 1. The van der Waals surface area contributed by atoms with Crippen LogP contribution in [-0.2, 0) is 0 Å². The van der Waals surface area contributed by atoms with Crippen LogP contribution in [0.2, 0.25) is 6.82 Å². The zero-order valence-electron chi connectivity index (χ0n) is 18.2. The number of aromatic nitrogens is 3. The molecule has 3 aromatic heterocycles. The van der Waals surface area contributed by atoms with Gasteiger partial charge in [0.1, 0.15) is 5.69 Å². The van der Waals surface area contributed by atoms with Crippen LogP contribution >= 0.6 is 11.3 Å². The third-order valence-electron chi connectivity index (χ3n) is 5.83. The van der Waals surface area contributed by atoms with Crippen LogP contribution in [0, 0.1) is 0 Å². The number of fused-ring (bicyclic) bond motifs is 1. The smallest absolute Gasteiger partial charge is 0.376 e. The SMILES string of the molecule is CB(O)N1CCN(c2ccncc2NC(=O)c2ccnc(-c3ccc4sccc4c3)n2)CC1. The highest BCUT2D eigenvalue weighted by Crippen LogP contribution is 2.27. The van der Waals surface area contributed by atoms with E-state index >= 15 is 0 Å². The van der Waals surface area contributed by atoms with Gasteiger partial charge in [-0.05, 0) is 54.0 Å². The fourth-order valence-electron chi connectivity index (χ4n) is 4.01. The van der Waals surface area contributed by atoms with E-state index in [-0.39, 0.29) is 5.91 Å². The van der Waals surface area contributed by atoms with Crippen LogP contribution in [0.15, 0.2) is 60.4 Å². The number of benzene rings is 1. The number of rotatable bonds is 5. The summed E-state index contributed by atoms with van der Waals surface area (Å²) in [6, 6.07) is 11.6. The molecule has 1 aliphatic rings. The maximum atomic E-state index is 13.1. The molecule has 4 aromatic rings. The molecule has 0 spiro atoms. The third-order valence-corrected chi connectivity index (χ3v) is 6.73. The standard InChI is InChI=1S/C23H23BN6O2S/c1-24(32)30-11-9-29(10-12-30)20-5-7-25-15-19(20)28-23(31)18-4-8-26-22(27-18)17-2-3-21-16(14-17)6-13-33-21/h2-8,13-15,32H,9-12H2,1H3,(H,28,31). The van der Waals surface area contributed by atoms with E-state index in [0.717, 1.165) is 42.8 Å². The summed E-state index contributed by atoms with van der Waals surface area (Å²) in [5, 5.41) is 16.0. The van der Waals surface area contributed by atoms with Crippen molar-refractivity contribution in [1.82, 2.24) is 19.8 Å². The van der Waals surface area contributed by atoms with Crippen molar-refractivity contribution >= 4 is 45.8 Å². The van der Waals surface area contributed by atoms with E-state index in [2.05, 4.69) is 36.6 Å². The van der Waals surface area contributed by atoms with Crippen molar-refractivity contribution in [2.24, 2.45) is 0 Å². The van der Waals surface area contributed by atoms with Crippen molar-refractivity contribution in [2.75, 3.05) is 36.4 Å². The van der Waals surface area contributed by atoms with Crippen LogP contribution in [0.5, 0.6) is 0 Å². The first-order valence-electron chi connectivity index (χ1n) is 10.8. The number of thiophene rings is 1. The number of carbonyl (C=O) groups excluding carboxylic acids is 1. The maximum Gasteiger partial charge on any atom is 0.376 e. The Morgan fingerprint density at radius 3 is 2.79 bits per heavy atom. The second kappa shape index (κ2) is 9.26. The zero-order valence-corrected chi connectivity index (χ0v) is 19.0. The van der Waals surface area contributed by atoms with Gasteiger partial charge in [0.2, 0.25) is 0 Å². The third kappa shape index (κ3) is 4.59. The summed E-state index contributed by atoms with van der Waals surface area (Å²) >= 11 is 1.69. The molecule has 5 rings (SSSR count). The van der Waals surface area contributed by atoms with E-state index in [1.54, 1.807) is 42.8 Å². The quantitative estimate of drug-likeness (QED) is 0.444. The molecule has 2 N–H and O–H groups in total. The van der Waals surface area contributed by atoms with E-state index in [4.69, 9.17) is 0 Å². The summed E-state index contributed by atoms with van der Waals surface area (Å²) in [6.07, 6.45) is 4.98. The summed E-state index contributed by atoms with van der Waals surface area (Å²) < 4.78 is 1.20. The predicted octanol–water partition coefficient (Wildman–Crippen LogP) is 3.24. The summed E-state index contributed by atoms with van der Waals surface area (Å²) in [5.74, 6) is 0.198. The van der Waals surface area contributed by atoms with Crippen LogP contribution in [0.1, 0.15) is 10.5 Å². The topological polar surface area (TPSA) is 94.5 Å². The van der Waals surface area contributed by atoms with Crippen LogP contribution in [-0.4, -0.2) is 63.9 Å². The average molecular weight is 458 g/mol. The van der Waals surface area contributed by atoms with Gasteiger partial charge in [-0.15, -0.1) is 11.3 Å². The number of hydrogen-bond acceptors (Lipinski definition) is 8. The second-order valence-corrected chi connectivity index (χ2v) is 8.89. The molecule has 4 heterocycles. The van der Waals surface area contributed by atoms with Crippen LogP contribution in [0.3, 0.4) is 0 Å². The number of amides is 1. The molecule has 1 amide bonds. The van der Waals surface area contributed by atoms with Crippen molar-refractivity contribution in [3.63, 3.8) is 0 Å². The Hall–Kier alpha value is -3.34. The lowest BCUT2D eigenvalue weighted by atomic mass is 9.84. The molecule has 10 heteroatoms. The molecule has 0 aliphatic carbocycles. The van der Waals surface area contributed by atoms with Gasteiger partial charge in [-0.25, -0.2) is 9.97 Å². The van der Waals surface area contributed by atoms with E-state index < -0.39 is 7.05 Å². The highest BCUT2D eigenvalue weighted by atomic mass is 32.1. The van der Waals surface area contributed by atoms with Crippen LogP contribution in [0.25, 0.3) is 21.5 Å². The minimum Gasteiger partial charge on any atom is -0.437 e. The van der Waals surface area contributed by atoms with Crippen molar-refractivity contribution in [3.05, 3.63) is 66.1 Å². The lowest BCUT2D eigenvalue weighted by Gasteiger charge is -2.37. The van der Waals surface area contributed by atoms with Crippen molar-refractivity contribution in [2.45, 2.75) is 6.82 Å². The molecule has 0 saturated carbocycles.